The molecule has 1 amide bonds. The van der Waals surface area contributed by atoms with E-state index in [1.807, 2.05) is 55.9 Å². The van der Waals surface area contributed by atoms with Crippen LogP contribution in [0.2, 0.25) is 5.02 Å². The molecule has 1 aliphatic rings. The van der Waals surface area contributed by atoms with Crippen molar-refractivity contribution < 1.29 is 9.63 Å². The second kappa shape index (κ2) is 8.31. The maximum absolute atomic E-state index is 12.7. The number of aryl methyl sites for hydroxylation is 3. The van der Waals surface area contributed by atoms with Crippen molar-refractivity contribution in [2.45, 2.75) is 46.4 Å². The van der Waals surface area contributed by atoms with Crippen LogP contribution in [-0.4, -0.2) is 37.3 Å². The topological polar surface area (TPSA) is 86.3 Å². The number of halogens is 1. The highest BCUT2D eigenvalue weighted by molar-refractivity contribution is 6.33. The van der Waals surface area contributed by atoms with Crippen molar-refractivity contribution in [3.8, 4) is 0 Å². The van der Waals surface area contributed by atoms with Crippen molar-refractivity contribution >= 4 is 29.0 Å². The van der Waals surface area contributed by atoms with Gasteiger partial charge in [-0.05, 0) is 26.3 Å². The lowest BCUT2D eigenvalue weighted by molar-refractivity contribution is -0.125. The molecule has 0 bridgehead atoms. The molecule has 0 aliphatic carbocycles. The second-order valence-corrected chi connectivity index (χ2v) is 7.73. The zero-order chi connectivity index (χ0) is 21.3. The molecule has 0 spiro atoms. The van der Waals surface area contributed by atoms with Crippen molar-refractivity contribution in [2.24, 2.45) is 5.16 Å². The maximum atomic E-state index is 12.7. The van der Waals surface area contributed by atoms with Crippen LogP contribution < -0.4 is 5.32 Å². The van der Waals surface area contributed by atoms with E-state index in [1.165, 1.54) is 5.56 Å². The summed E-state index contributed by atoms with van der Waals surface area (Å²) in [7, 11) is 0. The number of nitrogens with zero attached hydrogens (tertiary/aromatic N) is 5. The first-order valence-electron chi connectivity index (χ1n) is 9.79. The van der Waals surface area contributed by atoms with Crippen LogP contribution in [0.3, 0.4) is 0 Å². The van der Waals surface area contributed by atoms with Gasteiger partial charge in [0.2, 0.25) is 6.10 Å². The van der Waals surface area contributed by atoms with E-state index in [2.05, 4.69) is 20.7 Å². The first-order chi connectivity index (χ1) is 14.4. The fraction of sp³-hybridized carbons (Fsp3) is 0.333. The molecule has 9 heteroatoms. The number of aromatic nitrogens is 4. The largest absolute Gasteiger partial charge is 0.382 e. The van der Waals surface area contributed by atoms with Crippen molar-refractivity contribution in [1.82, 2.24) is 19.6 Å². The highest BCUT2D eigenvalue weighted by atomic mass is 35.5. The minimum atomic E-state index is -0.734. The zero-order valence-electron chi connectivity index (χ0n) is 17.1. The van der Waals surface area contributed by atoms with Crippen molar-refractivity contribution in [3.05, 3.63) is 64.1 Å². The Morgan fingerprint density at radius 3 is 2.67 bits per heavy atom. The van der Waals surface area contributed by atoms with Gasteiger partial charge in [-0.2, -0.15) is 10.2 Å². The Morgan fingerprint density at radius 2 is 1.97 bits per heavy atom. The molecule has 1 aromatic carbocycles. The minimum Gasteiger partial charge on any atom is -0.382 e. The molecule has 0 radical (unpaired) electrons. The molecule has 1 atom stereocenters. The maximum Gasteiger partial charge on any atom is 0.269 e. The quantitative estimate of drug-likeness (QED) is 0.653. The molecule has 156 valence electrons. The van der Waals surface area contributed by atoms with Crippen LogP contribution >= 0.6 is 11.6 Å². The molecule has 1 unspecified atom stereocenters. The molecule has 4 rings (SSSR count). The van der Waals surface area contributed by atoms with Gasteiger partial charge >= 0.3 is 0 Å². The van der Waals surface area contributed by atoms with Crippen LogP contribution in [-0.2, 0) is 22.7 Å². The van der Waals surface area contributed by atoms with Gasteiger partial charge in [0.05, 0.1) is 18.0 Å². The summed E-state index contributed by atoms with van der Waals surface area (Å²) in [4.78, 5) is 18.0. The molecule has 30 heavy (non-hydrogen) atoms. The van der Waals surface area contributed by atoms with Gasteiger partial charge in [0.15, 0.2) is 5.82 Å². The highest BCUT2D eigenvalue weighted by Crippen LogP contribution is 2.23. The van der Waals surface area contributed by atoms with Gasteiger partial charge in [-0.15, -0.1) is 0 Å². The number of hydrogen-bond acceptors (Lipinski definition) is 5. The van der Waals surface area contributed by atoms with Crippen LogP contribution in [0.25, 0.3) is 0 Å². The van der Waals surface area contributed by atoms with Crippen molar-refractivity contribution in [1.29, 1.82) is 0 Å². The van der Waals surface area contributed by atoms with Crippen molar-refractivity contribution in [2.75, 3.05) is 5.32 Å². The lowest BCUT2D eigenvalue weighted by Crippen LogP contribution is -2.28. The van der Waals surface area contributed by atoms with Gasteiger partial charge < -0.3 is 10.2 Å². The molecule has 3 aromatic rings. The molecule has 0 saturated carbocycles. The third-order valence-electron chi connectivity index (χ3n) is 4.97. The molecular formula is C21H23ClN6O2. The van der Waals surface area contributed by atoms with Crippen LogP contribution in [0.15, 0.2) is 41.8 Å². The van der Waals surface area contributed by atoms with E-state index in [0.29, 0.717) is 29.5 Å². The number of carbonyl (C=O) groups is 1. The number of amides is 1. The molecular weight excluding hydrogens is 404 g/mol. The van der Waals surface area contributed by atoms with Gasteiger partial charge in [-0.1, -0.05) is 46.6 Å². The Bertz CT molecular complexity index is 1100. The van der Waals surface area contributed by atoms with Gasteiger partial charge in [0.1, 0.15) is 5.02 Å². The molecule has 1 N–H and O–H groups in total. The number of oxime groups is 1. The predicted octanol–water partition coefficient (Wildman–Crippen LogP) is 3.55. The van der Waals surface area contributed by atoms with Gasteiger partial charge in [-0.3, -0.25) is 14.2 Å². The summed E-state index contributed by atoms with van der Waals surface area (Å²) in [6.07, 6.45) is 3.24. The Kier molecular flexibility index (Phi) is 5.59. The average molecular weight is 427 g/mol. The average Bonchev–Trinajstić information content (AvgIpc) is 3.43. The van der Waals surface area contributed by atoms with Crippen LogP contribution in [0.1, 0.15) is 35.7 Å². The minimum absolute atomic E-state index is 0.306. The second-order valence-electron chi connectivity index (χ2n) is 7.32. The number of rotatable bonds is 6. The fourth-order valence-corrected chi connectivity index (χ4v) is 3.48. The first-order valence-corrected chi connectivity index (χ1v) is 10.2. The third-order valence-corrected chi connectivity index (χ3v) is 5.24. The fourth-order valence-electron chi connectivity index (χ4n) is 3.28. The van der Waals surface area contributed by atoms with E-state index in [4.69, 9.17) is 16.4 Å². The Balaban J connectivity index is 1.39. The van der Waals surface area contributed by atoms with E-state index in [1.54, 1.807) is 10.9 Å². The Hall–Kier alpha value is -3.13. The number of anilines is 1. The molecule has 3 heterocycles. The van der Waals surface area contributed by atoms with E-state index >= 15 is 0 Å². The summed E-state index contributed by atoms with van der Waals surface area (Å²) < 4.78 is 3.53. The SMILES string of the molecule is CCn1cc(C2=NOC(C(=O)Nc3nn(Cc4ccc(C)cc4)cc3Cl)C2)c(C)n1. The van der Waals surface area contributed by atoms with E-state index in [-0.39, 0.29) is 5.91 Å². The standard InChI is InChI=1S/C21H23ClN6O2/c1-4-27-11-16(14(3)24-27)18-9-19(30-26-18)21(29)23-20-17(22)12-28(25-20)10-15-7-5-13(2)6-8-15/h5-8,11-12,19H,4,9-10H2,1-3H3,(H,23,25,29). The summed E-state index contributed by atoms with van der Waals surface area (Å²) in [5.41, 5.74) is 4.76. The molecule has 1 aliphatic heterocycles. The van der Waals surface area contributed by atoms with Crippen LogP contribution in [0.5, 0.6) is 0 Å². The monoisotopic (exact) mass is 426 g/mol. The zero-order valence-corrected chi connectivity index (χ0v) is 17.8. The van der Waals surface area contributed by atoms with Crippen molar-refractivity contribution in [3.63, 3.8) is 0 Å². The smallest absolute Gasteiger partial charge is 0.269 e. The molecule has 2 aromatic heterocycles. The normalized spacial score (nSPS) is 15.7. The number of benzene rings is 1. The first kappa shape index (κ1) is 20.2. The molecule has 8 nitrogen and oxygen atoms in total. The molecule has 0 fully saturated rings. The lowest BCUT2D eigenvalue weighted by Gasteiger charge is -2.08. The van der Waals surface area contributed by atoms with Crippen LogP contribution in [0, 0.1) is 13.8 Å². The van der Waals surface area contributed by atoms with E-state index in [0.717, 1.165) is 23.4 Å². The third kappa shape index (κ3) is 4.23. The number of nitrogens with one attached hydrogen (secondary N) is 1. The lowest BCUT2D eigenvalue weighted by atomic mass is 10.1. The van der Waals surface area contributed by atoms with Gasteiger partial charge in [0, 0.05) is 30.9 Å². The summed E-state index contributed by atoms with van der Waals surface area (Å²) in [6, 6.07) is 8.17. The van der Waals surface area contributed by atoms with E-state index in [9.17, 15) is 4.79 Å². The van der Waals surface area contributed by atoms with Crippen LogP contribution in [0.4, 0.5) is 5.82 Å². The number of hydrogen-bond donors (Lipinski definition) is 1. The highest BCUT2D eigenvalue weighted by Gasteiger charge is 2.31. The Morgan fingerprint density at radius 1 is 1.20 bits per heavy atom. The number of carbonyl (C=O) groups excluding carboxylic acids is 1. The predicted molar refractivity (Wildman–Crippen MR) is 115 cm³/mol. The summed E-state index contributed by atoms with van der Waals surface area (Å²) >= 11 is 6.27. The summed E-state index contributed by atoms with van der Waals surface area (Å²) in [6.45, 7) is 7.30. The van der Waals surface area contributed by atoms with Gasteiger partial charge in [-0.25, -0.2) is 0 Å². The molecule has 0 saturated heterocycles. The Labute approximate surface area is 179 Å². The summed E-state index contributed by atoms with van der Waals surface area (Å²) in [5.74, 6) is -0.0300. The summed E-state index contributed by atoms with van der Waals surface area (Å²) in [5, 5.41) is 16.0. The van der Waals surface area contributed by atoms with Gasteiger partial charge in [0.25, 0.3) is 5.91 Å². The van der Waals surface area contributed by atoms with E-state index < -0.39 is 6.10 Å².